The van der Waals surface area contributed by atoms with Gasteiger partial charge in [0, 0.05) is 31.6 Å². The third kappa shape index (κ3) is 3.93. The summed E-state index contributed by atoms with van der Waals surface area (Å²) in [6.07, 6.45) is 0.972. The summed E-state index contributed by atoms with van der Waals surface area (Å²) in [5.74, 6) is -1.32. The minimum atomic E-state index is -0.886. The van der Waals surface area contributed by atoms with Crippen molar-refractivity contribution >= 4 is 29.4 Å². The third-order valence-electron chi connectivity index (χ3n) is 4.84. The van der Waals surface area contributed by atoms with Crippen molar-refractivity contribution in [3.8, 4) is 5.75 Å². The molecule has 2 unspecified atom stereocenters. The van der Waals surface area contributed by atoms with Gasteiger partial charge in [0.15, 0.2) is 6.10 Å². The standard InChI is InChI=1S/C18H21ClN2O5/c1-20(10-16(22)21-6-2-3-11(9-21)18(24)25)17(23)15-8-12-7-13(19)4-5-14(12)26-15/h4-5,7,11,15H,2-3,6,8-10H2,1H3,(H,24,25). The zero-order valence-electron chi connectivity index (χ0n) is 14.5. The van der Waals surface area contributed by atoms with Crippen LogP contribution in [0, 0.1) is 5.92 Å². The summed E-state index contributed by atoms with van der Waals surface area (Å²) < 4.78 is 5.67. The Labute approximate surface area is 156 Å². The van der Waals surface area contributed by atoms with E-state index in [-0.39, 0.29) is 24.9 Å². The number of carbonyl (C=O) groups is 3. The first kappa shape index (κ1) is 18.5. The van der Waals surface area contributed by atoms with Crippen LogP contribution in [0.15, 0.2) is 18.2 Å². The molecule has 1 fully saturated rings. The molecule has 3 rings (SSSR count). The molecule has 0 bridgehead atoms. The van der Waals surface area contributed by atoms with Gasteiger partial charge in [-0.3, -0.25) is 14.4 Å². The molecule has 0 spiro atoms. The normalized spacial score (nSPS) is 21.7. The van der Waals surface area contributed by atoms with Crippen molar-refractivity contribution in [2.45, 2.75) is 25.4 Å². The second-order valence-corrected chi connectivity index (χ2v) is 7.21. The Morgan fingerprint density at radius 3 is 2.88 bits per heavy atom. The number of halogens is 1. The minimum absolute atomic E-state index is 0.0951. The molecule has 2 aliphatic rings. The first-order valence-electron chi connectivity index (χ1n) is 8.56. The number of aliphatic carboxylic acids is 1. The molecule has 2 heterocycles. The summed E-state index contributed by atoms with van der Waals surface area (Å²) in [6.45, 7) is 0.622. The van der Waals surface area contributed by atoms with Crippen molar-refractivity contribution in [1.29, 1.82) is 0 Å². The molecule has 2 aliphatic heterocycles. The van der Waals surface area contributed by atoms with Gasteiger partial charge in [-0.2, -0.15) is 0 Å². The van der Waals surface area contributed by atoms with Gasteiger partial charge in [0.1, 0.15) is 5.75 Å². The van der Waals surface area contributed by atoms with E-state index in [9.17, 15) is 14.4 Å². The number of hydrogen-bond acceptors (Lipinski definition) is 4. The Balaban J connectivity index is 1.56. The predicted octanol–water partition coefficient (Wildman–Crippen LogP) is 1.43. The molecular formula is C18H21ClN2O5. The van der Waals surface area contributed by atoms with Crippen molar-refractivity contribution in [3.05, 3.63) is 28.8 Å². The SMILES string of the molecule is CN(CC(=O)N1CCCC(C(=O)O)C1)C(=O)C1Cc2cc(Cl)ccc2O1. The third-order valence-corrected chi connectivity index (χ3v) is 5.08. The van der Waals surface area contributed by atoms with Gasteiger partial charge in [-0.15, -0.1) is 0 Å². The van der Waals surface area contributed by atoms with Crippen LogP contribution in [-0.2, 0) is 20.8 Å². The Bertz CT molecular complexity index is 738. The number of carboxylic acids is 1. The lowest BCUT2D eigenvalue weighted by atomic mass is 9.98. The van der Waals surface area contributed by atoms with Crippen molar-refractivity contribution in [3.63, 3.8) is 0 Å². The number of hydrogen-bond donors (Lipinski definition) is 1. The number of ether oxygens (including phenoxy) is 1. The molecule has 0 aromatic heterocycles. The van der Waals surface area contributed by atoms with Crippen LogP contribution in [0.1, 0.15) is 18.4 Å². The van der Waals surface area contributed by atoms with E-state index in [1.165, 1.54) is 9.80 Å². The van der Waals surface area contributed by atoms with Crippen molar-refractivity contribution in [2.24, 2.45) is 5.92 Å². The van der Waals surface area contributed by atoms with Gasteiger partial charge in [0.25, 0.3) is 5.91 Å². The first-order valence-corrected chi connectivity index (χ1v) is 8.93. The van der Waals surface area contributed by atoms with Gasteiger partial charge in [-0.25, -0.2) is 0 Å². The van der Waals surface area contributed by atoms with Crippen LogP contribution in [0.2, 0.25) is 5.02 Å². The fourth-order valence-electron chi connectivity index (χ4n) is 3.39. The lowest BCUT2D eigenvalue weighted by Gasteiger charge is -2.32. The van der Waals surface area contributed by atoms with Crippen molar-refractivity contribution < 1.29 is 24.2 Å². The Morgan fingerprint density at radius 1 is 1.38 bits per heavy atom. The first-order chi connectivity index (χ1) is 12.3. The fraction of sp³-hybridized carbons (Fsp3) is 0.500. The van der Waals surface area contributed by atoms with Gasteiger partial charge < -0.3 is 19.6 Å². The number of rotatable bonds is 4. The molecule has 140 valence electrons. The summed E-state index contributed by atoms with van der Waals surface area (Å²) >= 11 is 5.96. The molecule has 0 saturated carbocycles. The second-order valence-electron chi connectivity index (χ2n) is 6.77. The maximum atomic E-state index is 12.6. The van der Waals surface area contributed by atoms with Crippen molar-refractivity contribution in [1.82, 2.24) is 9.80 Å². The van der Waals surface area contributed by atoms with E-state index in [1.54, 1.807) is 25.2 Å². The Hall–Kier alpha value is -2.28. The lowest BCUT2D eigenvalue weighted by molar-refractivity contribution is -0.148. The summed E-state index contributed by atoms with van der Waals surface area (Å²) in [6, 6.07) is 5.21. The number of amides is 2. The molecule has 0 aliphatic carbocycles. The zero-order chi connectivity index (χ0) is 18.8. The minimum Gasteiger partial charge on any atom is -0.481 e. The predicted molar refractivity (Wildman–Crippen MR) is 94.1 cm³/mol. The maximum Gasteiger partial charge on any atom is 0.308 e. The number of likely N-dealkylation sites (N-methyl/N-ethyl adjacent to an activating group) is 1. The summed E-state index contributed by atoms with van der Waals surface area (Å²) in [7, 11) is 1.55. The molecular weight excluding hydrogens is 360 g/mol. The number of fused-ring (bicyclic) bond motifs is 1. The highest BCUT2D eigenvalue weighted by Crippen LogP contribution is 2.31. The van der Waals surface area contributed by atoms with E-state index in [4.69, 9.17) is 21.4 Å². The lowest BCUT2D eigenvalue weighted by Crippen LogP contribution is -2.48. The zero-order valence-corrected chi connectivity index (χ0v) is 15.2. The highest BCUT2D eigenvalue weighted by Gasteiger charge is 2.33. The average Bonchev–Trinajstić information content (AvgIpc) is 3.04. The van der Waals surface area contributed by atoms with Crippen molar-refractivity contribution in [2.75, 3.05) is 26.7 Å². The highest BCUT2D eigenvalue weighted by molar-refractivity contribution is 6.30. The van der Waals surface area contributed by atoms with E-state index in [0.29, 0.717) is 36.6 Å². The van der Waals surface area contributed by atoms with E-state index in [1.807, 2.05) is 0 Å². The Morgan fingerprint density at radius 2 is 2.15 bits per heavy atom. The van der Waals surface area contributed by atoms with E-state index in [2.05, 4.69) is 0 Å². The number of likely N-dealkylation sites (tertiary alicyclic amines) is 1. The van der Waals surface area contributed by atoms with Crippen LogP contribution in [0.25, 0.3) is 0 Å². The maximum absolute atomic E-state index is 12.6. The Kier molecular flexibility index (Phi) is 5.36. The molecule has 1 N–H and O–H groups in total. The van der Waals surface area contributed by atoms with Crippen LogP contribution in [0.4, 0.5) is 0 Å². The number of carbonyl (C=O) groups excluding carboxylic acids is 2. The van der Waals surface area contributed by atoms with Gasteiger partial charge >= 0.3 is 5.97 Å². The van der Waals surface area contributed by atoms with Gasteiger partial charge in [-0.05, 0) is 36.6 Å². The second kappa shape index (κ2) is 7.53. The molecule has 1 aromatic rings. The van der Waals surface area contributed by atoms with Gasteiger partial charge in [0.05, 0.1) is 12.5 Å². The fourth-order valence-corrected chi connectivity index (χ4v) is 3.58. The van der Waals surface area contributed by atoms with Crippen LogP contribution in [-0.4, -0.2) is 65.5 Å². The number of carboxylic acid groups (broad SMARTS) is 1. The molecule has 7 nitrogen and oxygen atoms in total. The highest BCUT2D eigenvalue weighted by atomic mass is 35.5. The summed E-state index contributed by atoms with van der Waals surface area (Å²) in [5.41, 5.74) is 0.871. The molecule has 1 saturated heterocycles. The van der Waals surface area contributed by atoms with Crippen LogP contribution in [0.3, 0.4) is 0 Å². The molecule has 2 atom stereocenters. The largest absolute Gasteiger partial charge is 0.481 e. The molecule has 0 radical (unpaired) electrons. The quantitative estimate of drug-likeness (QED) is 0.853. The topological polar surface area (TPSA) is 87.2 Å². The number of piperidine rings is 1. The molecule has 26 heavy (non-hydrogen) atoms. The smallest absolute Gasteiger partial charge is 0.308 e. The molecule has 1 aromatic carbocycles. The van der Waals surface area contributed by atoms with Crippen LogP contribution in [0.5, 0.6) is 5.75 Å². The summed E-state index contributed by atoms with van der Waals surface area (Å²) in [5, 5.41) is 9.71. The van der Waals surface area contributed by atoms with Crippen LogP contribution < -0.4 is 4.74 Å². The van der Waals surface area contributed by atoms with E-state index in [0.717, 1.165) is 5.56 Å². The monoisotopic (exact) mass is 380 g/mol. The van der Waals surface area contributed by atoms with Gasteiger partial charge in [0.2, 0.25) is 5.91 Å². The number of benzene rings is 1. The summed E-state index contributed by atoms with van der Waals surface area (Å²) in [4.78, 5) is 39.0. The van der Waals surface area contributed by atoms with Crippen LogP contribution >= 0.6 is 11.6 Å². The molecule has 8 heteroatoms. The van der Waals surface area contributed by atoms with E-state index < -0.39 is 18.0 Å². The number of nitrogens with zero attached hydrogens (tertiary/aromatic N) is 2. The van der Waals surface area contributed by atoms with Gasteiger partial charge in [-0.1, -0.05) is 11.6 Å². The van der Waals surface area contributed by atoms with E-state index >= 15 is 0 Å². The molecule has 2 amide bonds. The average molecular weight is 381 g/mol.